The van der Waals surface area contributed by atoms with E-state index in [1.165, 1.54) is 11.1 Å². The van der Waals surface area contributed by atoms with E-state index in [0.717, 1.165) is 29.8 Å². The third-order valence-electron chi connectivity index (χ3n) is 5.07. The number of anilines is 1. The van der Waals surface area contributed by atoms with Gasteiger partial charge in [-0.1, -0.05) is 23.8 Å². The molecule has 2 amide bonds. The van der Waals surface area contributed by atoms with Crippen molar-refractivity contribution in [1.29, 1.82) is 0 Å². The van der Waals surface area contributed by atoms with Crippen molar-refractivity contribution in [3.8, 4) is 11.5 Å². The summed E-state index contributed by atoms with van der Waals surface area (Å²) >= 11 is 0. The van der Waals surface area contributed by atoms with Gasteiger partial charge in [0.1, 0.15) is 0 Å². The molecule has 1 aliphatic carbocycles. The number of urea groups is 1. The molecule has 5 nitrogen and oxygen atoms in total. The van der Waals surface area contributed by atoms with Crippen LogP contribution in [0.15, 0.2) is 36.4 Å². The lowest BCUT2D eigenvalue weighted by Crippen LogP contribution is -2.35. The third-order valence-corrected chi connectivity index (χ3v) is 5.07. The van der Waals surface area contributed by atoms with Crippen LogP contribution in [0.1, 0.15) is 29.5 Å². The van der Waals surface area contributed by atoms with Crippen LogP contribution in [-0.4, -0.2) is 26.8 Å². The molecule has 5 heteroatoms. The fourth-order valence-electron chi connectivity index (χ4n) is 3.25. The quantitative estimate of drug-likeness (QED) is 0.818. The summed E-state index contributed by atoms with van der Waals surface area (Å²) in [5, 5.41) is 5.95. The molecule has 2 aromatic carbocycles. The number of aryl methyl sites for hydroxylation is 2. The Hall–Kier alpha value is -2.69. The highest BCUT2D eigenvalue weighted by Gasteiger charge is 2.44. The molecule has 0 saturated heterocycles. The second kappa shape index (κ2) is 7.28. The fraction of sp³-hybridized carbons (Fsp3) is 0.381. The van der Waals surface area contributed by atoms with Crippen LogP contribution in [0.4, 0.5) is 10.5 Å². The van der Waals surface area contributed by atoms with Crippen molar-refractivity contribution in [3.63, 3.8) is 0 Å². The molecule has 26 heavy (non-hydrogen) atoms. The Morgan fingerprint density at radius 2 is 1.77 bits per heavy atom. The van der Waals surface area contributed by atoms with Gasteiger partial charge in [-0.2, -0.15) is 0 Å². The van der Waals surface area contributed by atoms with Crippen molar-refractivity contribution in [2.75, 3.05) is 26.1 Å². The molecule has 0 radical (unpaired) electrons. The molecule has 2 aromatic rings. The first-order valence-corrected chi connectivity index (χ1v) is 8.82. The summed E-state index contributed by atoms with van der Waals surface area (Å²) in [4.78, 5) is 12.3. The number of rotatable bonds is 6. The molecule has 1 saturated carbocycles. The van der Waals surface area contributed by atoms with E-state index in [2.05, 4.69) is 22.8 Å². The predicted octanol–water partition coefficient (Wildman–Crippen LogP) is 4.17. The second-order valence-corrected chi connectivity index (χ2v) is 6.98. The van der Waals surface area contributed by atoms with Crippen molar-refractivity contribution in [1.82, 2.24) is 5.32 Å². The van der Waals surface area contributed by atoms with Gasteiger partial charge in [-0.3, -0.25) is 0 Å². The lowest BCUT2D eigenvalue weighted by Gasteiger charge is -2.19. The number of methoxy groups -OCH3 is 2. The molecular formula is C21H26N2O3. The highest BCUT2D eigenvalue weighted by molar-refractivity contribution is 5.90. The predicted molar refractivity (Wildman–Crippen MR) is 103 cm³/mol. The van der Waals surface area contributed by atoms with Crippen LogP contribution < -0.4 is 20.1 Å². The molecule has 0 unspecified atom stereocenters. The minimum atomic E-state index is -0.177. The molecule has 0 aromatic heterocycles. The van der Waals surface area contributed by atoms with Gasteiger partial charge in [0.25, 0.3) is 0 Å². The van der Waals surface area contributed by atoms with Gasteiger partial charge in [0.2, 0.25) is 0 Å². The zero-order valence-corrected chi connectivity index (χ0v) is 15.8. The first-order chi connectivity index (χ1) is 12.5. The Bertz CT molecular complexity index is 813. The molecule has 0 bridgehead atoms. The number of nitrogens with one attached hydrogen (secondary N) is 2. The lowest BCUT2D eigenvalue weighted by molar-refractivity contribution is 0.251. The summed E-state index contributed by atoms with van der Waals surface area (Å²) in [7, 11) is 3.26. The van der Waals surface area contributed by atoms with Crippen LogP contribution in [-0.2, 0) is 5.41 Å². The normalized spacial score (nSPS) is 14.5. The second-order valence-electron chi connectivity index (χ2n) is 6.98. The Labute approximate surface area is 154 Å². The topological polar surface area (TPSA) is 59.6 Å². The van der Waals surface area contributed by atoms with Gasteiger partial charge in [-0.15, -0.1) is 0 Å². The smallest absolute Gasteiger partial charge is 0.319 e. The number of carbonyl (C=O) groups is 1. The van der Waals surface area contributed by atoms with Gasteiger partial charge in [0, 0.05) is 17.6 Å². The maximum atomic E-state index is 12.3. The molecule has 0 heterocycles. The van der Waals surface area contributed by atoms with Gasteiger partial charge in [0.15, 0.2) is 11.5 Å². The molecule has 3 rings (SSSR count). The van der Waals surface area contributed by atoms with Crippen LogP contribution in [0.25, 0.3) is 0 Å². The van der Waals surface area contributed by atoms with E-state index in [1.807, 2.05) is 38.1 Å². The molecule has 0 atom stereocenters. The van der Waals surface area contributed by atoms with Crippen molar-refractivity contribution >= 4 is 11.7 Å². The van der Waals surface area contributed by atoms with E-state index in [9.17, 15) is 4.79 Å². The summed E-state index contributed by atoms with van der Waals surface area (Å²) < 4.78 is 10.7. The van der Waals surface area contributed by atoms with Gasteiger partial charge in [0.05, 0.1) is 14.2 Å². The Morgan fingerprint density at radius 3 is 2.38 bits per heavy atom. The summed E-state index contributed by atoms with van der Waals surface area (Å²) in [6.45, 7) is 4.63. The zero-order valence-electron chi connectivity index (χ0n) is 15.8. The molecule has 1 aliphatic rings. The third kappa shape index (κ3) is 3.77. The summed E-state index contributed by atoms with van der Waals surface area (Å²) in [5.41, 5.74) is 4.23. The number of benzene rings is 2. The minimum absolute atomic E-state index is 0.0147. The van der Waals surface area contributed by atoms with Crippen LogP contribution in [0, 0.1) is 13.8 Å². The molecule has 0 aliphatic heterocycles. The molecular weight excluding hydrogens is 328 g/mol. The Balaban J connectivity index is 1.64. The Morgan fingerprint density at radius 1 is 1.04 bits per heavy atom. The first-order valence-electron chi connectivity index (χ1n) is 8.82. The van der Waals surface area contributed by atoms with E-state index in [-0.39, 0.29) is 11.4 Å². The van der Waals surface area contributed by atoms with Crippen LogP contribution in [0.3, 0.4) is 0 Å². The van der Waals surface area contributed by atoms with Crippen LogP contribution in [0.2, 0.25) is 0 Å². The van der Waals surface area contributed by atoms with Gasteiger partial charge >= 0.3 is 6.03 Å². The highest BCUT2D eigenvalue weighted by Crippen LogP contribution is 2.49. The van der Waals surface area contributed by atoms with Crippen molar-refractivity contribution in [2.24, 2.45) is 0 Å². The van der Waals surface area contributed by atoms with E-state index < -0.39 is 0 Å². The maximum absolute atomic E-state index is 12.3. The number of amides is 2. The number of ether oxygens (including phenoxy) is 2. The van der Waals surface area contributed by atoms with Gasteiger partial charge in [-0.05, 0) is 56.0 Å². The van der Waals surface area contributed by atoms with E-state index in [1.54, 1.807) is 14.2 Å². The van der Waals surface area contributed by atoms with Crippen molar-refractivity contribution < 1.29 is 14.3 Å². The summed E-state index contributed by atoms with van der Waals surface area (Å²) in [5.74, 6) is 1.43. The lowest BCUT2D eigenvalue weighted by atomic mass is 9.95. The molecule has 0 spiro atoms. The minimum Gasteiger partial charge on any atom is -0.493 e. The summed E-state index contributed by atoms with van der Waals surface area (Å²) in [6, 6.07) is 11.8. The monoisotopic (exact) mass is 354 g/mol. The maximum Gasteiger partial charge on any atom is 0.319 e. The molecule has 1 fully saturated rings. The standard InChI is InChI=1S/C21H26N2O3/c1-14-5-7-17(15(2)11-14)23-20(24)22-13-21(9-10-21)16-6-8-18(25-3)19(12-16)26-4/h5-8,11-12H,9-10,13H2,1-4H3,(H2,22,23,24). The number of hydrogen-bond acceptors (Lipinski definition) is 3. The SMILES string of the molecule is COc1ccc(C2(CNC(=O)Nc3ccc(C)cc3C)CC2)cc1OC. The molecule has 2 N–H and O–H groups in total. The van der Waals surface area contributed by atoms with Crippen molar-refractivity contribution in [3.05, 3.63) is 53.1 Å². The fourth-order valence-corrected chi connectivity index (χ4v) is 3.25. The van der Waals surface area contributed by atoms with E-state index in [0.29, 0.717) is 12.3 Å². The largest absolute Gasteiger partial charge is 0.493 e. The van der Waals surface area contributed by atoms with Gasteiger partial charge in [-0.25, -0.2) is 4.79 Å². The van der Waals surface area contributed by atoms with Gasteiger partial charge < -0.3 is 20.1 Å². The van der Waals surface area contributed by atoms with Crippen LogP contribution in [0.5, 0.6) is 11.5 Å². The highest BCUT2D eigenvalue weighted by atomic mass is 16.5. The summed E-state index contributed by atoms with van der Waals surface area (Å²) in [6.07, 6.45) is 2.10. The van der Waals surface area contributed by atoms with E-state index in [4.69, 9.17) is 9.47 Å². The first kappa shape index (κ1) is 18.1. The number of hydrogen-bond donors (Lipinski definition) is 2. The average molecular weight is 354 g/mol. The Kier molecular flexibility index (Phi) is 5.07. The van der Waals surface area contributed by atoms with Crippen LogP contribution >= 0.6 is 0 Å². The zero-order chi connectivity index (χ0) is 18.7. The molecule has 138 valence electrons. The van der Waals surface area contributed by atoms with Crippen molar-refractivity contribution in [2.45, 2.75) is 32.1 Å². The average Bonchev–Trinajstić information content (AvgIpc) is 3.43. The number of carbonyl (C=O) groups excluding carboxylic acids is 1. The van der Waals surface area contributed by atoms with E-state index >= 15 is 0 Å².